The van der Waals surface area contributed by atoms with E-state index in [9.17, 15) is 5.26 Å². The molecule has 0 aliphatic heterocycles. The van der Waals surface area contributed by atoms with Crippen LogP contribution in [-0.2, 0) is 6.42 Å². The molecule has 1 aromatic rings. The number of rotatable bonds is 9. The summed E-state index contributed by atoms with van der Waals surface area (Å²) in [7, 11) is 2.12. The van der Waals surface area contributed by atoms with Gasteiger partial charge in [-0.2, -0.15) is 5.26 Å². The van der Waals surface area contributed by atoms with Crippen molar-refractivity contribution in [1.82, 2.24) is 5.32 Å². The molecule has 0 aliphatic rings. The fraction of sp³-hybridized carbons (Fsp3) is 0.611. The Morgan fingerprint density at radius 3 is 2.43 bits per heavy atom. The van der Waals surface area contributed by atoms with Crippen LogP contribution in [0.3, 0.4) is 0 Å². The first-order valence-electron chi connectivity index (χ1n) is 8.01. The average Bonchev–Trinajstić information content (AvgIpc) is 2.53. The lowest BCUT2D eigenvalue weighted by molar-refractivity contribution is 0.408. The van der Waals surface area contributed by atoms with E-state index in [1.807, 2.05) is 6.92 Å². The second-order valence-electron chi connectivity index (χ2n) is 5.92. The smallest absolute Gasteiger partial charge is 0.103 e. The molecule has 0 spiro atoms. The molecule has 1 N–H and O–H groups in total. The van der Waals surface area contributed by atoms with Gasteiger partial charge in [0.25, 0.3) is 0 Å². The Balaban J connectivity index is 2.44. The highest BCUT2D eigenvalue weighted by molar-refractivity contribution is 5.46. The van der Waals surface area contributed by atoms with Gasteiger partial charge in [0.2, 0.25) is 0 Å². The number of nitriles is 1. The second-order valence-corrected chi connectivity index (χ2v) is 5.92. The molecule has 0 aromatic heterocycles. The highest BCUT2D eigenvalue weighted by atomic mass is 15.1. The SMILES string of the molecule is CCCNC(C)(C#N)CCCN(C)c1ccc(CC)cc1. The van der Waals surface area contributed by atoms with Crippen molar-refractivity contribution < 1.29 is 0 Å². The number of hydrogen-bond donors (Lipinski definition) is 1. The molecule has 3 nitrogen and oxygen atoms in total. The molecule has 0 fully saturated rings. The summed E-state index contributed by atoms with van der Waals surface area (Å²) in [5.41, 5.74) is 2.21. The molecular weight excluding hydrogens is 258 g/mol. The first-order valence-corrected chi connectivity index (χ1v) is 8.01. The molecule has 0 saturated carbocycles. The quantitative estimate of drug-likeness (QED) is 0.752. The fourth-order valence-corrected chi connectivity index (χ4v) is 2.37. The van der Waals surface area contributed by atoms with E-state index >= 15 is 0 Å². The van der Waals surface area contributed by atoms with Gasteiger partial charge in [-0.15, -0.1) is 0 Å². The van der Waals surface area contributed by atoms with E-state index in [1.54, 1.807) is 0 Å². The van der Waals surface area contributed by atoms with E-state index in [-0.39, 0.29) is 0 Å². The third-order valence-corrected chi connectivity index (χ3v) is 3.97. The summed E-state index contributed by atoms with van der Waals surface area (Å²) in [6, 6.07) is 11.1. The van der Waals surface area contributed by atoms with Crippen molar-refractivity contribution in [2.45, 2.75) is 52.0 Å². The van der Waals surface area contributed by atoms with Crippen LogP contribution >= 0.6 is 0 Å². The van der Waals surface area contributed by atoms with Crippen LogP contribution < -0.4 is 10.2 Å². The lowest BCUT2D eigenvalue weighted by Crippen LogP contribution is -2.41. The average molecular weight is 287 g/mol. The largest absolute Gasteiger partial charge is 0.375 e. The number of hydrogen-bond acceptors (Lipinski definition) is 3. The molecule has 3 heteroatoms. The molecule has 0 saturated heterocycles. The van der Waals surface area contributed by atoms with Crippen molar-refractivity contribution in [2.75, 3.05) is 25.0 Å². The van der Waals surface area contributed by atoms with Gasteiger partial charge < -0.3 is 4.90 Å². The lowest BCUT2D eigenvalue weighted by Gasteiger charge is -2.25. The Kier molecular flexibility index (Phi) is 7.25. The van der Waals surface area contributed by atoms with Crippen molar-refractivity contribution in [2.24, 2.45) is 0 Å². The fourth-order valence-electron chi connectivity index (χ4n) is 2.37. The van der Waals surface area contributed by atoms with Gasteiger partial charge in [-0.25, -0.2) is 0 Å². The molecule has 1 unspecified atom stereocenters. The molecule has 0 bridgehead atoms. The van der Waals surface area contributed by atoms with E-state index in [2.05, 4.69) is 61.4 Å². The van der Waals surface area contributed by atoms with Gasteiger partial charge in [0.1, 0.15) is 5.54 Å². The van der Waals surface area contributed by atoms with Crippen molar-refractivity contribution in [3.05, 3.63) is 29.8 Å². The van der Waals surface area contributed by atoms with E-state index in [0.717, 1.165) is 38.8 Å². The van der Waals surface area contributed by atoms with Crippen molar-refractivity contribution >= 4 is 5.69 Å². The minimum Gasteiger partial charge on any atom is -0.375 e. The second kappa shape index (κ2) is 8.69. The molecule has 1 aromatic carbocycles. The number of benzene rings is 1. The molecule has 0 aliphatic carbocycles. The van der Waals surface area contributed by atoms with Crippen LogP contribution in [0.25, 0.3) is 0 Å². The number of nitrogens with one attached hydrogen (secondary N) is 1. The predicted octanol–water partition coefficient (Wildman–Crippen LogP) is 3.75. The van der Waals surface area contributed by atoms with Gasteiger partial charge in [-0.05, 0) is 56.8 Å². The maximum Gasteiger partial charge on any atom is 0.103 e. The van der Waals surface area contributed by atoms with Gasteiger partial charge in [0, 0.05) is 19.3 Å². The molecule has 1 rings (SSSR count). The lowest BCUT2D eigenvalue weighted by atomic mass is 9.97. The van der Waals surface area contributed by atoms with E-state index in [4.69, 9.17) is 0 Å². The maximum atomic E-state index is 9.33. The van der Waals surface area contributed by atoms with Crippen LogP contribution in [0.1, 0.15) is 45.6 Å². The summed E-state index contributed by atoms with van der Waals surface area (Å²) in [6.45, 7) is 8.16. The van der Waals surface area contributed by atoms with Crippen molar-refractivity contribution in [3.8, 4) is 6.07 Å². The monoisotopic (exact) mass is 287 g/mol. The number of anilines is 1. The summed E-state index contributed by atoms with van der Waals surface area (Å²) in [4.78, 5) is 2.26. The van der Waals surface area contributed by atoms with Crippen molar-refractivity contribution in [3.63, 3.8) is 0 Å². The normalized spacial score (nSPS) is 13.5. The summed E-state index contributed by atoms with van der Waals surface area (Å²) in [5, 5.41) is 12.7. The van der Waals surface area contributed by atoms with Crippen LogP contribution in [0.4, 0.5) is 5.69 Å². The van der Waals surface area contributed by atoms with Gasteiger partial charge in [-0.1, -0.05) is 26.0 Å². The molecule has 1 atom stereocenters. The van der Waals surface area contributed by atoms with Crippen LogP contribution in [0.5, 0.6) is 0 Å². The topological polar surface area (TPSA) is 39.1 Å². The van der Waals surface area contributed by atoms with Crippen LogP contribution in [0, 0.1) is 11.3 Å². The Morgan fingerprint density at radius 2 is 1.90 bits per heavy atom. The zero-order valence-corrected chi connectivity index (χ0v) is 13.9. The molecule has 0 radical (unpaired) electrons. The first kappa shape index (κ1) is 17.5. The molecule has 0 heterocycles. The zero-order chi connectivity index (χ0) is 15.7. The molecular formula is C18H29N3. The Hall–Kier alpha value is -1.53. The zero-order valence-electron chi connectivity index (χ0n) is 13.9. The minimum absolute atomic E-state index is 0.400. The van der Waals surface area contributed by atoms with Crippen LogP contribution in [0.2, 0.25) is 0 Å². The molecule has 21 heavy (non-hydrogen) atoms. The van der Waals surface area contributed by atoms with Crippen molar-refractivity contribution in [1.29, 1.82) is 5.26 Å². The van der Waals surface area contributed by atoms with Gasteiger partial charge in [0.15, 0.2) is 0 Å². The summed E-state index contributed by atoms with van der Waals surface area (Å²) >= 11 is 0. The third kappa shape index (κ3) is 5.77. The first-order chi connectivity index (χ1) is 10.0. The predicted molar refractivity (Wildman–Crippen MR) is 90.6 cm³/mol. The highest BCUT2D eigenvalue weighted by Crippen LogP contribution is 2.17. The number of nitrogens with zero attached hydrogens (tertiary/aromatic N) is 2. The van der Waals surface area contributed by atoms with Gasteiger partial charge >= 0.3 is 0 Å². The summed E-state index contributed by atoms with van der Waals surface area (Å²) < 4.78 is 0. The van der Waals surface area contributed by atoms with E-state index < -0.39 is 5.54 Å². The highest BCUT2D eigenvalue weighted by Gasteiger charge is 2.21. The summed E-state index contributed by atoms with van der Waals surface area (Å²) in [6.07, 6.45) is 4.02. The number of aryl methyl sites for hydroxylation is 1. The molecule has 0 amide bonds. The van der Waals surface area contributed by atoms with Gasteiger partial charge in [0.05, 0.1) is 6.07 Å². The summed E-state index contributed by atoms with van der Waals surface area (Å²) in [5.74, 6) is 0. The minimum atomic E-state index is -0.400. The van der Waals surface area contributed by atoms with Gasteiger partial charge in [-0.3, -0.25) is 5.32 Å². The Bertz CT molecular complexity index is 447. The third-order valence-electron chi connectivity index (χ3n) is 3.97. The maximum absolute atomic E-state index is 9.33. The molecule has 116 valence electrons. The van der Waals surface area contributed by atoms with E-state index in [0.29, 0.717) is 0 Å². The van der Waals surface area contributed by atoms with Crippen LogP contribution in [-0.4, -0.2) is 25.7 Å². The van der Waals surface area contributed by atoms with Crippen LogP contribution in [0.15, 0.2) is 24.3 Å². The Morgan fingerprint density at radius 1 is 1.24 bits per heavy atom. The Labute approximate surface area is 130 Å². The standard InChI is InChI=1S/C18H29N3/c1-5-13-20-18(3,15-19)12-7-14-21(4)17-10-8-16(6-2)9-11-17/h8-11,20H,5-7,12-14H2,1-4H3. The van der Waals surface area contributed by atoms with E-state index in [1.165, 1.54) is 11.3 Å².